The van der Waals surface area contributed by atoms with E-state index in [4.69, 9.17) is 0 Å². The van der Waals surface area contributed by atoms with Gasteiger partial charge in [-0.1, -0.05) is 6.92 Å². The van der Waals surface area contributed by atoms with Gasteiger partial charge in [0.25, 0.3) is 0 Å². The highest BCUT2D eigenvalue weighted by molar-refractivity contribution is 8.00. The monoisotopic (exact) mass is 387 g/mol. The number of hydrogen-bond acceptors (Lipinski definition) is 7. The Kier molecular flexibility index (Phi) is 7.06. The minimum Gasteiger partial charge on any atom is -0.480 e. The van der Waals surface area contributed by atoms with Crippen LogP contribution >= 0.6 is 11.8 Å². The third-order valence-corrected chi connectivity index (χ3v) is 7.12. The number of carboxylic acids is 1. The van der Waals surface area contributed by atoms with E-state index < -0.39 is 24.0 Å². The van der Waals surface area contributed by atoms with Crippen molar-refractivity contribution in [1.29, 1.82) is 0 Å². The molecular formula is C17H29N3O5S. The lowest BCUT2D eigenvalue weighted by molar-refractivity contribution is -0.139. The second-order valence-corrected chi connectivity index (χ2v) is 8.96. The van der Waals surface area contributed by atoms with Gasteiger partial charge >= 0.3 is 5.97 Å². The molecule has 0 aromatic heterocycles. The standard InChI is InChI=1S/C17H29N3O5S/c1-8-13(11(7-21)9(2)22)19-14(17(24)25)15(8)26-10-5-12(18-6-10)16(23)20(3)4/h7-15,18-19,22H,5-6H2,1-4H3,(H,24,25)/t8-,9-,10+,11-,12+,13-,14?,15-/m1/s1. The summed E-state index contributed by atoms with van der Waals surface area (Å²) in [6, 6.07) is -1.42. The molecule has 0 bridgehead atoms. The summed E-state index contributed by atoms with van der Waals surface area (Å²) in [7, 11) is 3.43. The van der Waals surface area contributed by atoms with Crippen LogP contribution in [0.1, 0.15) is 20.3 Å². The zero-order valence-electron chi connectivity index (χ0n) is 15.6. The van der Waals surface area contributed by atoms with Gasteiger partial charge in [0.1, 0.15) is 12.3 Å². The van der Waals surface area contributed by atoms with E-state index in [2.05, 4.69) is 10.6 Å². The molecule has 9 heteroatoms. The lowest BCUT2D eigenvalue weighted by Gasteiger charge is -2.27. The van der Waals surface area contributed by atoms with Crippen molar-refractivity contribution in [1.82, 2.24) is 15.5 Å². The second kappa shape index (κ2) is 8.69. The predicted octanol–water partition coefficient (Wildman–Crippen LogP) is -0.836. The highest BCUT2D eigenvalue weighted by Gasteiger charge is 2.49. The molecule has 148 valence electrons. The molecule has 0 spiro atoms. The average Bonchev–Trinajstić information content (AvgIpc) is 3.14. The number of amides is 1. The number of nitrogens with zero attached hydrogens (tertiary/aromatic N) is 1. The summed E-state index contributed by atoms with van der Waals surface area (Å²) in [5, 5.41) is 25.6. The maximum atomic E-state index is 12.1. The van der Waals surface area contributed by atoms with Crippen LogP contribution in [0.5, 0.6) is 0 Å². The van der Waals surface area contributed by atoms with E-state index in [-0.39, 0.29) is 34.4 Å². The quantitative estimate of drug-likeness (QED) is 0.418. The van der Waals surface area contributed by atoms with E-state index >= 15 is 0 Å². The fourth-order valence-corrected chi connectivity index (χ4v) is 5.57. The first-order valence-electron chi connectivity index (χ1n) is 8.89. The summed E-state index contributed by atoms with van der Waals surface area (Å²) in [4.78, 5) is 36.8. The number of likely N-dealkylation sites (N-methyl/N-ethyl adjacent to an activating group) is 1. The number of aliphatic hydroxyl groups excluding tert-OH is 1. The zero-order chi connectivity index (χ0) is 19.6. The van der Waals surface area contributed by atoms with Crippen molar-refractivity contribution in [3.05, 3.63) is 0 Å². The van der Waals surface area contributed by atoms with E-state index in [1.807, 2.05) is 6.92 Å². The fourth-order valence-electron chi connectivity index (χ4n) is 3.87. The SMILES string of the molecule is C[C@@H]1[C@H]([C@H](C=O)[C@@H](C)O)NC(C(=O)O)[C@@H]1S[C@@H]1CN[C@H](C(=O)N(C)C)C1. The Balaban J connectivity index is 2.08. The fraction of sp³-hybridized carbons (Fsp3) is 0.824. The van der Waals surface area contributed by atoms with Gasteiger partial charge in [-0.25, -0.2) is 0 Å². The Hall–Kier alpha value is -1.16. The van der Waals surface area contributed by atoms with Crippen molar-refractivity contribution in [2.75, 3.05) is 20.6 Å². The number of hydrogen-bond donors (Lipinski definition) is 4. The number of nitrogens with one attached hydrogen (secondary N) is 2. The van der Waals surface area contributed by atoms with Crippen LogP contribution in [0.25, 0.3) is 0 Å². The topological polar surface area (TPSA) is 119 Å². The number of carbonyl (C=O) groups excluding carboxylic acids is 2. The Labute approximate surface area is 158 Å². The van der Waals surface area contributed by atoms with Gasteiger partial charge in [-0.05, 0) is 19.3 Å². The van der Waals surface area contributed by atoms with Gasteiger partial charge in [0.15, 0.2) is 0 Å². The van der Waals surface area contributed by atoms with Crippen LogP contribution in [0.2, 0.25) is 0 Å². The molecule has 1 amide bonds. The predicted molar refractivity (Wildman–Crippen MR) is 99.0 cm³/mol. The van der Waals surface area contributed by atoms with Gasteiger partial charge in [-0.2, -0.15) is 11.8 Å². The van der Waals surface area contributed by atoms with Crippen molar-refractivity contribution >= 4 is 29.9 Å². The second-order valence-electron chi connectivity index (χ2n) is 7.47. The van der Waals surface area contributed by atoms with Gasteiger partial charge in [0, 0.05) is 37.2 Å². The molecule has 2 saturated heterocycles. The molecule has 2 aliphatic rings. The summed E-state index contributed by atoms with van der Waals surface area (Å²) in [5.41, 5.74) is 0. The third kappa shape index (κ3) is 4.39. The first-order chi connectivity index (χ1) is 12.2. The number of aliphatic carboxylic acids is 1. The first kappa shape index (κ1) is 21.1. The number of rotatable bonds is 7. The van der Waals surface area contributed by atoms with E-state index in [9.17, 15) is 24.6 Å². The normalized spacial score (nSPS) is 36.5. The van der Waals surface area contributed by atoms with E-state index in [1.54, 1.807) is 37.7 Å². The van der Waals surface area contributed by atoms with Crippen molar-refractivity contribution < 1.29 is 24.6 Å². The van der Waals surface area contributed by atoms with Gasteiger partial charge in [-0.3, -0.25) is 14.9 Å². The first-order valence-corrected chi connectivity index (χ1v) is 9.83. The Morgan fingerprint density at radius 3 is 2.50 bits per heavy atom. The maximum Gasteiger partial charge on any atom is 0.321 e. The Morgan fingerprint density at radius 1 is 1.35 bits per heavy atom. The highest BCUT2D eigenvalue weighted by atomic mass is 32.2. The molecule has 2 aliphatic heterocycles. The molecule has 26 heavy (non-hydrogen) atoms. The number of carbonyl (C=O) groups is 3. The lowest BCUT2D eigenvalue weighted by Crippen LogP contribution is -2.45. The molecule has 0 aliphatic carbocycles. The van der Waals surface area contributed by atoms with Crippen LogP contribution in [0.4, 0.5) is 0 Å². The average molecular weight is 388 g/mol. The van der Waals surface area contributed by atoms with Crippen LogP contribution in [0.3, 0.4) is 0 Å². The van der Waals surface area contributed by atoms with Gasteiger partial charge in [-0.15, -0.1) is 0 Å². The van der Waals surface area contributed by atoms with Gasteiger partial charge in [0.05, 0.1) is 18.1 Å². The highest BCUT2D eigenvalue weighted by Crippen LogP contribution is 2.39. The molecule has 2 rings (SSSR count). The van der Waals surface area contributed by atoms with E-state index in [0.717, 1.165) is 0 Å². The molecule has 0 aromatic rings. The van der Waals surface area contributed by atoms with Gasteiger partial charge < -0.3 is 25.2 Å². The summed E-state index contributed by atoms with van der Waals surface area (Å²) in [6.45, 7) is 4.10. The summed E-state index contributed by atoms with van der Waals surface area (Å²) in [5.74, 6) is -1.69. The minimum atomic E-state index is -0.959. The van der Waals surface area contributed by atoms with Crippen molar-refractivity contribution in [2.45, 2.75) is 55.0 Å². The van der Waals surface area contributed by atoms with Crippen LogP contribution in [-0.4, -0.2) is 88.6 Å². The Morgan fingerprint density at radius 2 is 2.00 bits per heavy atom. The molecule has 4 N–H and O–H groups in total. The van der Waals surface area contributed by atoms with E-state index in [1.165, 1.54) is 0 Å². The van der Waals surface area contributed by atoms with Gasteiger partial charge in [0.2, 0.25) is 5.91 Å². The summed E-state index contributed by atoms with van der Waals surface area (Å²) >= 11 is 1.56. The molecule has 0 saturated carbocycles. The lowest BCUT2D eigenvalue weighted by atomic mass is 9.88. The molecule has 0 aromatic carbocycles. The van der Waals surface area contributed by atoms with Crippen LogP contribution in [0, 0.1) is 11.8 Å². The van der Waals surface area contributed by atoms with Crippen LogP contribution < -0.4 is 10.6 Å². The van der Waals surface area contributed by atoms with E-state index in [0.29, 0.717) is 19.3 Å². The minimum absolute atomic E-state index is 0.0217. The molecule has 1 unspecified atom stereocenters. The Bertz CT molecular complexity index is 544. The summed E-state index contributed by atoms with van der Waals surface area (Å²) < 4.78 is 0. The molecule has 8 atom stereocenters. The number of aliphatic hydroxyl groups is 1. The van der Waals surface area contributed by atoms with Crippen molar-refractivity contribution in [2.24, 2.45) is 11.8 Å². The molecule has 8 nitrogen and oxygen atoms in total. The van der Waals surface area contributed by atoms with Crippen molar-refractivity contribution in [3.63, 3.8) is 0 Å². The largest absolute Gasteiger partial charge is 0.480 e. The maximum absolute atomic E-state index is 12.1. The summed E-state index contributed by atoms with van der Waals surface area (Å²) in [6.07, 6.45) is 0.504. The third-order valence-electron chi connectivity index (χ3n) is 5.36. The zero-order valence-corrected chi connectivity index (χ0v) is 16.4. The van der Waals surface area contributed by atoms with Crippen molar-refractivity contribution in [3.8, 4) is 0 Å². The number of carboxylic acid groups (broad SMARTS) is 1. The van der Waals surface area contributed by atoms with Crippen LogP contribution in [0.15, 0.2) is 0 Å². The molecule has 2 heterocycles. The number of aldehydes is 1. The molecular weight excluding hydrogens is 358 g/mol. The van der Waals surface area contributed by atoms with Crippen LogP contribution in [-0.2, 0) is 14.4 Å². The molecule has 0 radical (unpaired) electrons. The smallest absolute Gasteiger partial charge is 0.321 e. The number of thioether (sulfide) groups is 1. The molecule has 2 fully saturated rings.